The highest BCUT2D eigenvalue weighted by atomic mass is 16.5. The highest BCUT2D eigenvalue weighted by molar-refractivity contribution is 5.93. The molecule has 2 aromatic carbocycles. The van der Waals surface area contributed by atoms with Crippen LogP contribution in [-0.4, -0.2) is 49.2 Å². The molecule has 0 aliphatic carbocycles. The predicted molar refractivity (Wildman–Crippen MR) is 179 cm³/mol. The van der Waals surface area contributed by atoms with Crippen LogP contribution in [-0.2, 0) is 24.1 Å². The maximum atomic E-state index is 7.00. The molecule has 2 heterocycles. The van der Waals surface area contributed by atoms with Gasteiger partial charge < -0.3 is 19.8 Å². The first-order valence-corrected chi connectivity index (χ1v) is 14.5. The van der Waals surface area contributed by atoms with Crippen molar-refractivity contribution in [3.63, 3.8) is 0 Å². The van der Waals surface area contributed by atoms with Gasteiger partial charge in [0.05, 0.1) is 11.3 Å². The second-order valence-corrected chi connectivity index (χ2v) is 10.5. The molecule has 0 atom stereocenters. The Morgan fingerprint density at radius 2 is 1.49 bits per heavy atom. The average Bonchev–Trinajstić information content (AvgIpc) is 2.99. The van der Waals surface area contributed by atoms with Crippen LogP contribution in [0.3, 0.4) is 0 Å². The molecule has 4 rings (SSSR count). The van der Waals surface area contributed by atoms with Gasteiger partial charge in [-0.05, 0) is 93.8 Å². The van der Waals surface area contributed by atoms with Gasteiger partial charge in [0.15, 0.2) is 0 Å². The molecule has 0 unspecified atom stereocenters. The maximum Gasteiger partial charge on any atom is 0.0778 e. The molecule has 5 nitrogen and oxygen atoms in total. The van der Waals surface area contributed by atoms with E-state index >= 15 is 0 Å². The average molecular weight is 565 g/mol. The number of aliphatic hydroxyl groups is 2. The summed E-state index contributed by atoms with van der Waals surface area (Å²) >= 11 is 0. The van der Waals surface area contributed by atoms with E-state index in [9.17, 15) is 0 Å². The maximum absolute atomic E-state index is 7.00. The van der Waals surface area contributed by atoms with E-state index in [1.165, 1.54) is 55.8 Å². The van der Waals surface area contributed by atoms with Crippen molar-refractivity contribution in [3.8, 4) is 22.4 Å². The summed E-state index contributed by atoms with van der Waals surface area (Å²) in [7, 11) is 5.92. The molecular formula is C36H56N2O3. The number of aliphatic hydroxyl groups excluding tert-OH is 2. The van der Waals surface area contributed by atoms with Crippen LogP contribution < -0.4 is 4.90 Å². The number of aromatic nitrogens is 1. The minimum Gasteiger partial charge on any atom is -0.400 e. The summed E-state index contributed by atoms with van der Waals surface area (Å²) in [5.41, 5.74) is 14.5. The van der Waals surface area contributed by atoms with Gasteiger partial charge in [-0.1, -0.05) is 56.7 Å². The lowest BCUT2D eigenvalue weighted by atomic mass is 9.81. The van der Waals surface area contributed by atoms with Crippen LogP contribution in [0.15, 0.2) is 49.2 Å². The lowest BCUT2D eigenvalue weighted by Crippen LogP contribution is -2.25. The molecular weight excluding hydrogens is 508 g/mol. The minimum atomic E-state index is 0.0417. The number of pyridine rings is 1. The predicted octanol–water partition coefficient (Wildman–Crippen LogP) is 8.26. The van der Waals surface area contributed by atoms with Gasteiger partial charge in [0.2, 0.25) is 0 Å². The zero-order chi connectivity index (χ0) is 31.9. The monoisotopic (exact) mass is 564 g/mol. The molecule has 228 valence electrons. The van der Waals surface area contributed by atoms with E-state index in [1.54, 1.807) is 7.11 Å². The Morgan fingerprint density at radius 3 is 1.95 bits per heavy atom. The first-order valence-electron chi connectivity index (χ1n) is 14.5. The zero-order valence-electron chi connectivity index (χ0n) is 28.1. The topological polar surface area (TPSA) is 65.8 Å². The van der Waals surface area contributed by atoms with E-state index in [1.807, 2.05) is 46.9 Å². The van der Waals surface area contributed by atoms with Crippen LogP contribution in [0.5, 0.6) is 0 Å². The number of benzene rings is 2. The van der Waals surface area contributed by atoms with E-state index in [0.717, 1.165) is 39.3 Å². The lowest BCUT2D eigenvalue weighted by Gasteiger charge is -2.35. The number of rotatable bonds is 4. The summed E-state index contributed by atoms with van der Waals surface area (Å²) in [5, 5.41) is 14.0. The number of nitrogens with zero attached hydrogens (tertiary/aromatic N) is 2. The highest BCUT2D eigenvalue weighted by Crippen LogP contribution is 2.48. The number of aryl methyl sites for hydroxylation is 2. The van der Waals surface area contributed by atoms with Crippen molar-refractivity contribution < 1.29 is 14.9 Å². The Hall–Kier alpha value is -2.99. The van der Waals surface area contributed by atoms with Crippen molar-refractivity contribution in [2.75, 3.05) is 33.3 Å². The fourth-order valence-electron chi connectivity index (χ4n) is 4.90. The molecule has 5 heteroatoms. The molecule has 1 aliphatic heterocycles. The van der Waals surface area contributed by atoms with Crippen LogP contribution in [0.1, 0.15) is 74.9 Å². The molecule has 0 saturated carbocycles. The number of hydrogen-bond donors (Lipinski definition) is 2. The molecule has 0 fully saturated rings. The third-order valence-corrected chi connectivity index (χ3v) is 6.95. The van der Waals surface area contributed by atoms with Crippen LogP contribution in [0.25, 0.3) is 22.4 Å². The van der Waals surface area contributed by atoms with Crippen molar-refractivity contribution in [1.29, 1.82) is 0 Å². The number of hydrogen-bond acceptors (Lipinski definition) is 5. The summed E-state index contributed by atoms with van der Waals surface area (Å²) in [6.45, 7) is 23.9. The summed E-state index contributed by atoms with van der Waals surface area (Å²) in [6.07, 6.45) is 5.90. The third-order valence-electron chi connectivity index (χ3n) is 6.95. The van der Waals surface area contributed by atoms with Gasteiger partial charge in [0.25, 0.3) is 0 Å². The molecule has 0 radical (unpaired) electrons. The van der Waals surface area contributed by atoms with E-state index in [2.05, 4.69) is 76.6 Å². The fraction of sp³-hybridized carbons (Fsp3) is 0.472. The number of fused-ring (bicyclic) bond motifs is 3. The SMILES string of the molecule is C=CCc1c(C)c2c(c(C)c1-c1ccc(C)cc1)-c1nccc(CC)c1CN2C.CC.CO.CO.COC(C)(C)C. The van der Waals surface area contributed by atoms with Crippen LogP contribution in [0.4, 0.5) is 5.69 Å². The van der Waals surface area contributed by atoms with Crippen molar-refractivity contribution in [2.24, 2.45) is 0 Å². The first-order chi connectivity index (χ1) is 19.5. The molecule has 41 heavy (non-hydrogen) atoms. The Bertz CT molecular complexity index is 1210. The van der Waals surface area contributed by atoms with Gasteiger partial charge >= 0.3 is 0 Å². The van der Waals surface area contributed by atoms with E-state index in [0.29, 0.717) is 0 Å². The summed E-state index contributed by atoms with van der Waals surface area (Å²) in [6, 6.07) is 11.1. The standard InChI is InChI=1S/C27H30N2.C5H12O.C2H6.2CH4O/c1-7-9-22-18(4)27-25(19(5)24(22)21-12-10-17(3)11-13-21)26-23(16-29(27)6)20(8-2)14-15-28-26;1-5(2,3)6-4;3*1-2/h7,10-15H,1,8-9,16H2,2-6H3;1-4H3;1-2H3;2*2H,1H3. The normalized spacial score (nSPS) is 11.0. The zero-order valence-corrected chi connectivity index (χ0v) is 28.1. The van der Waals surface area contributed by atoms with Crippen molar-refractivity contribution >= 4 is 5.69 Å². The largest absolute Gasteiger partial charge is 0.400 e. The van der Waals surface area contributed by atoms with Gasteiger partial charge in [-0.25, -0.2) is 0 Å². The Kier molecular flexibility index (Phi) is 17.1. The minimum absolute atomic E-state index is 0.0417. The number of allylic oxidation sites excluding steroid dienone is 1. The Morgan fingerprint density at radius 1 is 0.951 bits per heavy atom. The van der Waals surface area contributed by atoms with Crippen molar-refractivity contribution in [2.45, 2.75) is 87.3 Å². The second kappa shape index (κ2) is 18.4. The second-order valence-electron chi connectivity index (χ2n) is 10.5. The molecule has 0 bridgehead atoms. The van der Waals surface area contributed by atoms with Crippen molar-refractivity contribution in [1.82, 2.24) is 4.98 Å². The van der Waals surface area contributed by atoms with Crippen LogP contribution >= 0.6 is 0 Å². The molecule has 1 aliphatic rings. The van der Waals surface area contributed by atoms with E-state index in [4.69, 9.17) is 19.9 Å². The lowest BCUT2D eigenvalue weighted by molar-refractivity contribution is 0.0397. The van der Waals surface area contributed by atoms with E-state index in [-0.39, 0.29) is 5.60 Å². The number of ether oxygens (including phenoxy) is 1. The van der Waals surface area contributed by atoms with Gasteiger partial charge in [0, 0.05) is 57.9 Å². The molecule has 0 amide bonds. The summed E-state index contributed by atoms with van der Waals surface area (Å²) in [5.74, 6) is 0. The Labute approximate surface area is 250 Å². The molecule has 0 saturated heterocycles. The summed E-state index contributed by atoms with van der Waals surface area (Å²) in [4.78, 5) is 7.29. The van der Waals surface area contributed by atoms with Crippen LogP contribution in [0, 0.1) is 20.8 Å². The fourth-order valence-corrected chi connectivity index (χ4v) is 4.90. The molecule has 0 spiro atoms. The molecule has 3 aromatic rings. The van der Waals surface area contributed by atoms with Crippen molar-refractivity contribution in [3.05, 3.63) is 82.6 Å². The van der Waals surface area contributed by atoms with Gasteiger partial charge in [0.1, 0.15) is 0 Å². The highest BCUT2D eigenvalue weighted by Gasteiger charge is 2.29. The number of anilines is 1. The molecule has 1 aromatic heterocycles. The van der Waals surface area contributed by atoms with Crippen LogP contribution in [0.2, 0.25) is 0 Å². The van der Waals surface area contributed by atoms with Gasteiger partial charge in [-0.3, -0.25) is 4.98 Å². The third kappa shape index (κ3) is 9.53. The smallest absolute Gasteiger partial charge is 0.0778 e. The number of methoxy groups -OCH3 is 1. The van der Waals surface area contributed by atoms with Gasteiger partial charge in [-0.15, -0.1) is 6.58 Å². The van der Waals surface area contributed by atoms with E-state index < -0.39 is 0 Å². The molecule has 2 N–H and O–H groups in total. The quantitative estimate of drug-likeness (QED) is 0.312. The Balaban J connectivity index is 0.00000115. The van der Waals surface area contributed by atoms with Gasteiger partial charge in [-0.2, -0.15) is 0 Å². The summed E-state index contributed by atoms with van der Waals surface area (Å²) < 4.78 is 4.94. The first kappa shape index (κ1) is 38.0.